The van der Waals surface area contributed by atoms with Crippen LogP contribution >= 0.6 is 11.6 Å². The van der Waals surface area contributed by atoms with Gasteiger partial charge in [-0.25, -0.2) is 4.98 Å². The standard InChI is InChI=1S/C15H10ClN5O/c16-12-5-1-3-10(7-12)15-20-13(22-21-15)9-19-14-11(8-17)4-2-6-18-14/h1-7H,9H2,(H,18,19). The number of nitriles is 1. The number of rotatable bonds is 4. The van der Waals surface area contributed by atoms with Crippen LogP contribution in [0.15, 0.2) is 47.1 Å². The molecule has 6 nitrogen and oxygen atoms in total. The highest BCUT2D eigenvalue weighted by Gasteiger charge is 2.10. The van der Waals surface area contributed by atoms with Crippen molar-refractivity contribution in [3.8, 4) is 17.5 Å². The Labute approximate surface area is 131 Å². The third-order valence-corrected chi connectivity index (χ3v) is 3.12. The van der Waals surface area contributed by atoms with Gasteiger partial charge in [-0.3, -0.25) is 0 Å². The van der Waals surface area contributed by atoms with Crippen LogP contribution in [0.25, 0.3) is 11.4 Å². The SMILES string of the molecule is N#Cc1cccnc1NCc1nc(-c2cccc(Cl)c2)no1. The van der Waals surface area contributed by atoms with Crippen molar-refractivity contribution in [2.75, 3.05) is 5.32 Å². The molecule has 0 radical (unpaired) electrons. The summed E-state index contributed by atoms with van der Waals surface area (Å²) in [5.41, 5.74) is 1.23. The van der Waals surface area contributed by atoms with Crippen LogP contribution in [0.2, 0.25) is 5.02 Å². The number of nitrogens with one attached hydrogen (secondary N) is 1. The van der Waals surface area contributed by atoms with E-state index >= 15 is 0 Å². The smallest absolute Gasteiger partial charge is 0.246 e. The summed E-state index contributed by atoms with van der Waals surface area (Å²) < 4.78 is 5.18. The molecule has 7 heteroatoms. The minimum absolute atomic E-state index is 0.277. The van der Waals surface area contributed by atoms with Crippen LogP contribution in [0.4, 0.5) is 5.82 Å². The van der Waals surface area contributed by atoms with E-state index in [1.165, 1.54) is 0 Å². The molecule has 3 aromatic rings. The summed E-state index contributed by atoms with van der Waals surface area (Å²) in [5, 5.41) is 16.5. The second-order valence-electron chi connectivity index (χ2n) is 4.39. The van der Waals surface area contributed by atoms with Crippen LogP contribution in [0.1, 0.15) is 11.5 Å². The molecule has 0 saturated carbocycles. The van der Waals surface area contributed by atoms with Crippen molar-refractivity contribution in [3.63, 3.8) is 0 Å². The summed E-state index contributed by atoms with van der Waals surface area (Å²) >= 11 is 5.94. The van der Waals surface area contributed by atoms with Gasteiger partial charge in [0, 0.05) is 16.8 Å². The molecule has 0 bridgehead atoms. The van der Waals surface area contributed by atoms with E-state index in [0.717, 1.165) is 5.56 Å². The fraction of sp³-hybridized carbons (Fsp3) is 0.0667. The molecular weight excluding hydrogens is 302 g/mol. The van der Waals surface area contributed by atoms with Gasteiger partial charge in [-0.15, -0.1) is 0 Å². The van der Waals surface area contributed by atoms with Crippen LogP contribution in [0, 0.1) is 11.3 Å². The van der Waals surface area contributed by atoms with Crippen molar-refractivity contribution < 1.29 is 4.52 Å². The fourth-order valence-corrected chi connectivity index (χ4v) is 2.06. The molecule has 0 spiro atoms. The third-order valence-electron chi connectivity index (χ3n) is 2.89. The zero-order chi connectivity index (χ0) is 15.4. The monoisotopic (exact) mass is 311 g/mol. The van der Waals surface area contributed by atoms with Crippen LogP contribution in [-0.4, -0.2) is 15.1 Å². The van der Waals surface area contributed by atoms with E-state index in [-0.39, 0.29) is 6.54 Å². The molecular formula is C15H10ClN5O. The number of pyridine rings is 1. The van der Waals surface area contributed by atoms with Crippen molar-refractivity contribution in [3.05, 3.63) is 59.1 Å². The molecule has 0 atom stereocenters. The zero-order valence-electron chi connectivity index (χ0n) is 11.3. The molecule has 0 unspecified atom stereocenters. The van der Waals surface area contributed by atoms with E-state index < -0.39 is 0 Å². The minimum Gasteiger partial charge on any atom is -0.360 e. The van der Waals surface area contributed by atoms with Crippen molar-refractivity contribution in [2.45, 2.75) is 6.54 Å². The average Bonchev–Trinajstić information content (AvgIpc) is 3.02. The summed E-state index contributed by atoms with van der Waals surface area (Å²) in [7, 11) is 0. The summed E-state index contributed by atoms with van der Waals surface area (Å²) in [6.45, 7) is 0.277. The van der Waals surface area contributed by atoms with Crippen molar-refractivity contribution >= 4 is 17.4 Å². The Hall–Kier alpha value is -2.91. The lowest BCUT2D eigenvalue weighted by Crippen LogP contribution is -2.03. The van der Waals surface area contributed by atoms with Gasteiger partial charge in [0.25, 0.3) is 0 Å². The quantitative estimate of drug-likeness (QED) is 0.795. The number of anilines is 1. The van der Waals surface area contributed by atoms with Crippen LogP contribution in [0.5, 0.6) is 0 Å². The maximum Gasteiger partial charge on any atom is 0.246 e. The molecule has 0 amide bonds. The van der Waals surface area contributed by atoms with Crippen LogP contribution < -0.4 is 5.32 Å². The van der Waals surface area contributed by atoms with E-state index in [9.17, 15) is 0 Å². The number of nitrogens with zero attached hydrogens (tertiary/aromatic N) is 4. The average molecular weight is 312 g/mol. The highest BCUT2D eigenvalue weighted by Crippen LogP contribution is 2.20. The van der Waals surface area contributed by atoms with E-state index in [2.05, 4.69) is 26.5 Å². The molecule has 1 aromatic carbocycles. The number of hydrogen-bond acceptors (Lipinski definition) is 6. The summed E-state index contributed by atoms with van der Waals surface area (Å²) in [6.07, 6.45) is 1.61. The maximum absolute atomic E-state index is 9.00. The molecule has 2 aromatic heterocycles. The maximum atomic E-state index is 9.00. The first-order valence-electron chi connectivity index (χ1n) is 6.44. The van der Waals surface area contributed by atoms with Gasteiger partial charge in [-0.1, -0.05) is 28.9 Å². The Kier molecular flexibility index (Phi) is 3.99. The van der Waals surface area contributed by atoms with Gasteiger partial charge >= 0.3 is 0 Å². The van der Waals surface area contributed by atoms with Gasteiger partial charge in [0.1, 0.15) is 11.9 Å². The number of aromatic nitrogens is 3. The number of benzene rings is 1. The van der Waals surface area contributed by atoms with Crippen LogP contribution in [0.3, 0.4) is 0 Å². The first kappa shape index (κ1) is 14.0. The van der Waals surface area contributed by atoms with Crippen molar-refractivity contribution in [1.82, 2.24) is 15.1 Å². The third kappa shape index (κ3) is 3.05. The molecule has 1 N–H and O–H groups in total. The second kappa shape index (κ2) is 6.24. The lowest BCUT2D eigenvalue weighted by Gasteiger charge is -2.03. The van der Waals surface area contributed by atoms with Gasteiger partial charge in [-0.2, -0.15) is 10.2 Å². The van der Waals surface area contributed by atoms with E-state index in [1.54, 1.807) is 30.5 Å². The summed E-state index contributed by atoms with van der Waals surface area (Å²) in [5.74, 6) is 1.33. The van der Waals surface area contributed by atoms with E-state index in [4.69, 9.17) is 21.4 Å². The molecule has 0 fully saturated rings. The lowest BCUT2D eigenvalue weighted by molar-refractivity contribution is 0.384. The second-order valence-corrected chi connectivity index (χ2v) is 4.82. The van der Waals surface area contributed by atoms with Crippen molar-refractivity contribution in [1.29, 1.82) is 5.26 Å². The molecule has 0 aliphatic rings. The highest BCUT2D eigenvalue weighted by molar-refractivity contribution is 6.30. The molecule has 22 heavy (non-hydrogen) atoms. The normalized spacial score (nSPS) is 10.2. The Morgan fingerprint density at radius 3 is 3.00 bits per heavy atom. The topological polar surface area (TPSA) is 87.6 Å². The summed E-state index contributed by atoms with van der Waals surface area (Å²) in [4.78, 5) is 8.38. The first-order chi connectivity index (χ1) is 10.8. The molecule has 3 rings (SSSR count). The van der Waals surface area contributed by atoms with E-state index in [1.807, 2.05) is 12.1 Å². The van der Waals surface area contributed by atoms with E-state index in [0.29, 0.717) is 28.1 Å². The molecule has 108 valence electrons. The summed E-state index contributed by atoms with van der Waals surface area (Å²) in [6, 6.07) is 12.6. The predicted octanol–water partition coefficient (Wildman–Crippen LogP) is 3.27. The Bertz CT molecular complexity index is 840. The van der Waals surface area contributed by atoms with Gasteiger partial charge in [0.05, 0.1) is 12.1 Å². The van der Waals surface area contributed by atoms with Gasteiger partial charge in [-0.05, 0) is 24.3 Å². The van der Waals surface area contributed by atoms with Gasteiger partial charge in [0.2, 0.25) is 11.7 Å². The number of halogens is 1. The Morgan fingerprint density at radius 1 is 1.27 bits per heavy atom. The predicted molar refractivity (Wildman–Crippen MR) is 81.0 cm³/mol. The lowest BCUT2D eigenvalue weighted by atomic mass is 10.2. The Morgan fingerprint density at radius 2 is 2.18 bits per heavy atom. The fourth-order valence-electron chi connectivity index (χ4n) is 1.87. The molecule has 2 heterocycles. The molecule has 0 aliphatic heterocycles. The van der Waals surface area contributed by atoms with Crippen LogP contribution in [-0.2, 0) is 6.54 Å². The molecule has 0 saturated heterocycles. The molecule has 0 aliphatic carbocycles. The number of hydrogen-bond donors (Lipinski definition) is 1. The first-order valence-corrected chi connectivity index (χ1v) is 6.81. The van der Waals surface area contributed by atoms with Gasteiger partial charge in [0.15, 0.2) is 0 Å². The zero-order valence-corrected chi connectivity index (χ0v) is 12.1. The largest absolute Gasteiger partial charge is 0.360 e. The highest BCUT2D eigenvalue weighted by atomic mass is 35.5. The van der Waals surface area contributed by atoms with Gasteiger partial charge < -0.3 is 9.84 Å². The van der Waals surface area contributed by atoms with Crippen molar-refractivity contribution in [2.24, 2.45) is 0 Å². The minimum atomic E-state index is 0.277. The Balaban J connectivity index is 1.74.